The number of fused-ring (bicyclic) bond motifs is 1. The summed E-state index contributed by atoms with van der Waals surface area (Å²) in [4.78, 5) is 28.9. The van der Waals surface area contributed by atoms with Crippen LogP contribution in [0.1, 0.15) is 15.9 Å². The van der Waals surface area contributed by atoms with Gasteiger partial charge in [-0.3, -0.25) is 4.79 Å². The van der Waals surface area contributed by atoms with Crippen LogP contribution in [-0.4, -0.2) is 25.9 Å². The van der Waals surface area contributed by atoms with Crippen molar-refractivity contribution in [3.63, 3.8) is 0 Å². The van der Waals surface area contributed by atoms with E-state index < -0.39 is 16.1 Å². The summed E-state index contributed by atoms with van der Waals surface area (Å²) in [6, 6.07) is 15.3. The van der Waals surface area contributed by atoms with Crippen molar-refractivity contribution in [3.05, 3.63) is 76.1 Å². The molecule has 2 heterocycles. The third-order valence-electron chi connectivity index (χ3n) is 4.05. The molecule has 1 aliphatic heterocycles. The number of Topliss-reactive ketones (excluding diaryl/α,β-unsaturated/α-hetero) is 1. The molecule has 0 bridgehead atoms. The van der Waals surface area contributed by atoms with E-state index in [9.17, 15) is 18.0 Å². The van der Waals surface area contributed by atoms with E-state index in [4.69, 9.17) is 11.6 Å². The first kappa shape index (κ1) is 19.3. The van der Waals surface area contributed by atoms with Gasteiger partial charge >= 0.3 is 6.03 Å². The van der Waals surface area contributed by atoms with Crippen LogP contribution in [0.15, 0.2) is 69.9 Å². The zero-order valence-corrected chi connectivity index (χ0v) is 16.9. The average molecular weight is 446 g/mol. The Kier molecular flexibility index (Phi) is 4.95. The SMILES string of the molecule is O=C(Nc1ccc(C2=Nc3ccccc3C2=O)cc1)NS(=O)(=O)c1ccc(Cl)s1. The van der Waals surface area contributed by atoms with Crippen molar-refractivity contribution in [1.29, 1.82) is 0 Å². The predicted molar refractivity (Wildman–Crippen MR) is 112 cm³/mol. The maximum Gasteiger partial charge on any atom is 0.333 e. The van der Waals surface area contributed by atoms with E-state index in [1.54, 1.807) is 42.5 Å². The smallest absolute Gasteiger partial charge is 0.307 e. The van der Waals surface area contributed by atoms with E-state index in [-0.39, 0.29) is 9.99 Å². The Hall–Kier alpha value is -3.01. The number of halogens is 1. The molecule has 4 rings (SSSR count). The van der Waals surface area contributed by atoms with Gasteiger partial charge in [0.05, 0.1) is 10.0 Å². The van der Waals surface area contributed by atoms with Gasteiger partial charge in [-0.2, -0.15) is 0 Å². The quantitative estimate of drug-likeness (QED) is 0.626. The highest BCUT2D eigenvalue weighted by Gasteiger charge is 2.25. The second-order valence-electron chi connectivity index (χ2n) is 6.00. The second-order valence-corrected chi connectivity index (χ2v) is 9.63. The van der Waals surface area contributed by atoms with Gasteiger partial charge in [-0.1, -0.05) is 35.9 Å². The fourth-order valence-electron chi connectivity index (χ4n) is 2.74. The number of aliphatic imine (C=N–C) groups is 1. The molecule has 0 spiro atoms. The molecule has 146 valence electrons. The molecule has 10 heteroatoms. The molecule has 0 saturated heterocycles. The van der Waals surface area contributed by atoms with E-state index in [1.807, 2.05) is 10.8 Å². The lowest BCUT2D eigenvalue weighted by Gasteiger charge is -2.08. The van der Waals surface area contributed by atoms with Gasteiger partial charge in [-0.05, 0) is 36.4 Å². The third kappa shape index (κ3) is 3.93. The normalized spacial score (nSPS) is 13.0. The molecule has 0 saturated carbocycles. The summed E-state index contributed by atoms with van der Waals surface area (Å²) in [6.07, 6.45) is 0. The van der Waals surface area contributed by atoms with Crippen LogP contribution in [0.4, 0.5) is 16.2 Å². The first-order valence-electron chi connectivity index (χ1n) is 8.25. The van der Waals surface area contributed by atoms with Gasteiger partial charge in [-0.25, -0.2) is 22.9 Å². The molecule has 0 unspecified atom stereocenters. The van der Waals surface area contributed by atoms with E-state index in [0.29, 0.717) is 32.5 Å². The Labute approximate surface area is 175 Å². The van der Waals surface area contributed by atoms with Gasteiger partial charge in [-0.15, -0.1) is 11.3 Å². The first-order valence-corrected chi connectivity index (χ1v) is 10.9. The lowest BCUT2D eigenvalue weighted by molar-refractivity contribution is 0.107. The zero-order valence-electron chi connectivity index (χ0n) is 14.5. The first-order chi connectivity index (χ1) is 13.8. The molecule has 0 radical (unpaired) electrons. The van der Waals surface area contributed by atoms with Crippen LogP contribution >= 0.6 is 22.9 Å². The molecule has 1 aliphatic rings. The van der Waals surface area contributed by atoms with Crippen LogP contribution in [0.25, 0.3) is 0 Å². The Balaban J connectivity index is 1.45. The van der Waals surface area contributed by atoms with E-state index >= 15 is 0 Å². The summed E-state index contributed by atoms with van der Waals surface area (Å²) < 4.78 is 26.4. The summed E-state index contributed by atoms with van der Waals surface area (Å²) in [5, 5.41) is 2.44. The van der Waals surface area contributed by atoms with Crippen LogP contribution in [0, 0.1) is 0 Å². The van der Waals surface area contributed by atoms with Gasteiger partial charge in [0.25, 0.3) is 10.0 Å². The highest BCUT2D eigenvalue weighted by Crippen LogP contribution is 2.29. The van der Waals surface area contributed by atoms with Gasteiger partial charge in [0.15, 0.2) is 0 Å². The molecule has 2 aromatic carbocycles. The van der Waals surface area contributed by atoms with E-state index in [0.717, 1.165) is 11.3 Å². The van der Waals surface area contributed by atoms with Crippen LogP contribution in [0.2, 0.25) is 4.34 Å². The highest BCUT2D eigenvalue weighted by atomic mass is 35.5. The number of amides is 2. The number of sulfonamides is 1. The van der Waals surface area contributed by atoms with Crippen molar-refractivity contribution < 1.29 is 18.0 Å². The summed E-state index contributed by atoms with van der Waals surface area (Å²) in [6.45, 7) is 0. The molecule has 2 N–H and O–H groups in total. The number of benzene rings is 2. The fraction of sp³-hybridized carbons (Fsp3) is 0. The average Bonchev–Trinajstić information content (AvgIpc) is 3.27. The van der Waals surface area contributed by atoms with Gasteiger partial charge in [0, 0.05) is 16.8 Å². The maximum absolute atomic E-state index is 12.5. The number of carbonyl (C=O) groups is 2. The number of urea groups is 1. The molecular weight excluding hydrogens is 434 g/mol. The number of nitrogens with one attached hydrogen (secondary N) is 2. The lowest BCUT2D eigenvalue weighted by Crippen LogP contribution is -2.33. The predicted octanol–water partition coefficient (Wildman–Crippen LogP) is 4.23. The molecule has 1 aromatic heterocycles. The van der Waals surface area contributed by atoms with Crippen molar-refractivity contribution in [1.82, 2.24) is 4.72 Å². The summed E-state index contributed by atoms with van der Waals surface area (Å²) in [7, 11) is -4.01. The van der Waals surface area contributed by atoms with Crippen molar-refractivity contribution in [2.24, 2.45) is 4.99 Å². The van der Waals surface area contributed by atoms with Crippen LogP contribution in [0.5, 0.6) is 0 Å². The molecule has 2 amide bonds. The Morgan fingerprint density at radius 1 is 1.00 bits per heavy atom. The topological polar surface area (TPSA) is 105 Å². The fourth-order valence-corrected chi connectivity index (χ4v) is 5.13. The maximum atomic E-state index is 12.5. The van der Waals surface area contributed by atoms with Crippen LogP contribution < -0.4 is 10.0 Å². The van der Waals surface area contributed by atoms with Gasteiger partial charge in [0.1, 0.15) is 9.92 Å². The van der Waals surface area contributed by atoms with Crippen LogP contribution in [0.3, 0.4) is 0 Å². The largest absolute Gasteiger partial charge is 0.333 e. The number of carbonyl (C=O) groups excluding carboxylic acids is 2. The number of hydrogen-bond donors (Lipinski definition) is 2. The summed E-state index contributed by atoms with van der Waals surface area (Å²) in [5.41, 5.74) is 2.43. The van der Waals surface area contributed by atoms with Gasteiger partial charge in [0.2, 0.25) is 5.78 Å². The minimum atomic E-state index is -4.01. The zero-order chi connectivity index (χ0) is 20.6. The molecule has 7 nitrogen and oxygen atoms in total. The minimum Gasteiger partial charge on any atom is -0.307 e. The van der Waals surface area contributed by atoms with E-state index in [2.05, 4.69) is 10.3 Å². The summed E-state index contributed by atoms with van der Waals surface area (Å²) >= 11 is 6.58. The summed E-state index contributed by atoms with van der Waals surface area (Å²) in [5.74, 6) is -0.167. The number of anilines is 1. The van der Waals surface area contributed by atoms with Crippen molar-refractivity contribution in [3.8, 4) is 0 Å². The molecule has 0 fully saturated rings. The number of ketones is 1. The monoisotopic (exact) mass is 445 g/mol. The van der Waals surface area contributed by atoms with Crippen LogP contribution in [-0.2, 0) is 10.0 Å². The van der Waals surface area contributed by atoms with Crippen molar-refractivity contribution in [2.75, 3.05) is 5.32 Å². The molecular formula is C19H12ClN3O4S2. The number of nitrogens with zero attached hydrogens (tertiary/aromatic N) is 1. The van der Waals surface area contributed by atoms with Crippen molar-refractivity contribution >= 4 is 61.9 Å². The number of para-hydroxylation sites is 1. The van der Waals surface area contributed by atoms with Crippen molar-refractivity contribution in [2.45, 2.75) is 4.21 Å². The van der Waals surface area contributed by atoms with Gasteiger partial charge < -0.3 is 5.32 Å². The standard InChI is InChI=1S/C19H12ClN3O4S2/c20-15-9-10-16(28-15)29(26,27)23-19(25)21-12-7-5-11(6-8-12)17-18(24)13-3-1-2-4-14(13)22-17/h1-10H,(H2,21,23,25). The Morgan fingerprint density at radius 3 is 2.38 bits per heavy atom. The Bertz CT molecular complexity index is 1260. The Morgan fingerprint density at radius 2 is 1.72 bits per heavy atom. The second kappa shape index (κ2) is 7.43. The third-order valence-corrected chi connectivity index (χ3v) is 7.11. The lowest BCUT2D eigenvalue weighted by atomic mass is 10.0. The van der Waals surface area contributed by atoms with E-state index in [1.165, 1.54) is 12.1 Å². The molecule has 3 aromatic rings. The number of rotatable bonds is 4. The molecule has 0 atom stereocenters. The molecule has 0 aliphatic carbocycles. The molecule has 29 heavy (non-hydrogen) atoms. The number of hydrogen-bond acceptors (Lipinski definition) is 6. The number of thiophene rings is 1. The minimum absolute atomic E-state index is 0.0645. The highest BCUT2D eigenvalue weighted by molar-refractivity contribution is 7.92.